The molecule has 0 aliphatic carbocycles. The highest BCUT2D eigenvalue weighted by Crippen LogP contribution is 2.25. The van der Waals surface area contributed by atoms with Gasteiger partial charge in [-0.05, 0) is 18.2 Å². The van der Waals surface area contributed by atoms with E-state index in [1.807, 2.05) is 0 Å². The average molecular weight is 187 g/mol. The Morgan fingerprint density at radius 3 is 2.75 bits per heavy atom. The highest BCUT2D eigenvalue weighted by molar-refractivity contribution is 7.94. The zero-order valence-electron chi connectivity index (χ0n) is 5.95. The van der Waals surface area contributed by atoms with E-state index in [2.05, 4.69) is 0 Å². The lowest BCUT2D eigenvalue weighted by molar-refractivity contribution is 0.0693. The van der Waals surface area contributed by atoms with Gasteiger partial charge in [-0.3, -0.25) is 0 Å². The van der Waals surface area contributed by atoms with Crippen LogP contribution in [0.3, 0.4) is 0 Å². The quantitative estimate of drug-likeness (QED) is 0.694. The molecular formula is C7H6FNO2S. The molecule has 0 radical (unpaired) electrons. The molecule has 0 bridgehead atoms. The number of rotatable bonds is 2. The Balaban J connectivity index is 3.21. The molecule has 0 heterocycles. The van der Waals surface area contributed by atoms with Gasteiger partial charge >= 0.3 is 5.97 Å². The fourth-order valence-corrected chi connectivity index (χ4v) is 1.13. The van der Waals surface area contributed by atoms with Crippen molar-refractivity contribution in [2.75, 3.05) is 5.73 Å². The number of anilines is 1. The zero-order chi connectivity index (χ0) is 9.14. The Hall–Kier alpha value is -1.23. The van der Waals surface area contributed by atoms with E-state index in [-0.39, 0.29) is 22.6 Å². The second-order valence-electron chi connectivity index (χ2n) is 2.14. The lowest BCUT2D eigenvalue weighted by atomic mass is 10.2. The van der Waals surface area contributed by atoms with Crippen molar-refractivity contribution in [3.63, 3.8) is 0 Å². The summed E-state index contributed by atoms with van der Waals surface area (Å²) in [5.41, 5.74) is 5.53. The Morgan fingerprint density at radius 2 is 2.25 bits per heavy atom. The van der Waals surface area contributed by atoms with E-state index in [0.717, 1.165) is 0 Å². The molecule has 0 saturated carbocycles. The number of hydrogen-bond acceptors (Lipinski definition) is 3. The monoisotopic (exact) mass is 187 g/mol. The summed E-state index contributed by atoms with van der Waals surface area (Å²) < 4.78 is 12.1. The molecule has 0 amide bonds. The van der Waals surface area contributed by atoms with Crippen LogP contribution in [0.15, 0.2) is 23.1 Å². The molecule has 3 N–H and O–H groups in total. The third-order valence-electron chi connectivity index (χ3n) is 1.32. The van der Waals surface area contributed by atoms with Gasteiger partial charge in [-0.25, -0.2) is 4.79 Å². The first-order valence-electron chi connectivity index (χ1n) is 3.06. The summed E-state index contributed by atoms with van der Waals surface area (Å²) in [6, 6.07) is 4.02. The smallest absolute Gasteiger partial charge is 0.337 e. The van der Waals surface area contributed by atoms with Crippen LogP contribution in [-0.4, -0.2) is 11.1 Å². The van der Waals surface area contributed by atoms with Gasteiger partial charge in [0, 0.05) is 5.69 Å². The molecule has 0 atom stereocenters. The van der Waals surface area contributed by atoms with E-state index in [1.165, 1.54) is 18.2 Å². The Kier molecular flexibility index (Phi) is 2.54. The van der Waals surface area contributed by atoms with E-state index in [9.17, 15) is 8.68 Å². The van der Waals surface area contributed by atoms with E-state index < -0.39 is 5.97 Å². The van der Waals surface area contributed by atoms with Crippen LogP contribution < -0.4 is 5.73 Å². The number of carbonyl (C=O) groups is 1. The van der Waals surface area contributed by atoms with Crippen molar-refractivity contribution in [2.24, 2.45) is 0 Å². The number of carboxylic acid groups (broad SMARTS) is 1. The van der Waals surface area contributed by atoms with Gasteiger partial charge in [0.1, 0.15) is 0 Å². The van der Waals surface area contributed by atoms with E-state index >= 15 is 0 Å². The van der Waals surface area contributed by atoms with E-state index in [4.69, 9.17) is 10.8 Å². The maximum Gasteiger partial charge on any atom is 0.337 e. The Bertz CT molecular complexity index is 316. The second-order valence-corrected chi connectivity index (χ2v) is 2.73. The largest absolute Gasteiger partial charge is 0.478 e. The third-order valence-corrected chi connectivity index (χ3v) is 1.84. The molecule has 1 aromatic rings. The van der Waals surface area contributed by atoms with Crippen molar-refractivity contribution in [3.05, 3.63) is 23.8 Å². The van der Waals surface area contributed by atoms with Gasteiger partial charge < -0.3 is 10.8 Å². The Labute approximate surface area is 72.7 Å². The van der Waals surface area contributed by atoms with Crippen LogP contribution in [0, 0.1) is 0 Å². The number of aromatic carboxylic acids is 1. The van der Waals surface area contributed by atoms with Crippen LogP contribution in [0.5, 0.6) is 0 Å². The van der Waals surface area contributed by atoms with Crippen LogP contribution in [0.2, 0.25) is 0 Å². The summed E-state index contributed by atoms with van der Waals surface area (Å²) in [5.74, 6) is -1.18. The minimum Gasteiger partial charge on any atom is -0.478 e. The number of carboxylic acids is 1. The van der Waals surface area contributed by atoms with Gasteiger partial charge in [0.2, 0.25) is 0 Å². The van der Waals surface area contributed by atoms with Crippen LogP contribution >= 0.6 is 12.1 Å². The summed E-state index contributed by atoms with van der Waals surface area (Å²) in [6.45, 7) is 0. The normalized spacial score (nSPS) is 9.75. The van der Waals surface area contributed by atoms with Gasteiger partial charge in [-0.15, -0.1) is 0 Å². The topological polar surface area (TPSA) is 63.3 Å². The predicted octanol–water partition coefficient (Wildman–Crippen LogP) is 1.94. The van der Waals surface area contributed by atoms with Crippen LogP contribution in [0.4, 0.5) is 9.57 Å². The maximum absolute atomic E-state index is 12.1. The molecule has 0 saturated heterocycles. The molecule has 1 rings (SSSR count). The first-order chi connectivity index (χ1) is 5.65. The van der Waals surface area contributed by atoms with Crippen molar-refractivity contribution in [1.82, 2.24) is 0 Å². The molecular weight excluding hydrogens is 181 g/mol. The molecule has 64 valence electrons. The number of hydrogen-bond donors (Lipinski definition) is 2. The second kappa shape index (κ2) is 3.44. The standard InChI is InChI=1S/C7H6FNO2S/c8-12-6-2-1-4(9)3-5(6)7(10)11/h1-3H,9H2,(H,10,11). The molecule has 3 nitrogen and oxygen atoms in total. The number of nitrogens with two attached hydrogens (primary N) is 1. The molecule has 12 heavy (non-hydrogen) atoms. The van der Waals surface area contributed by atoms with Gasteiger partial charge in [-0.1, -0.05) is 0 Å². The molecule has 5 heteroatoms. The summed E-state index contributed by atoms with van der Waals surface area (Å²) in [7, 11) is 0. The lowest BCUT2D eigenvalue weighted by Crippen LogP contribution is -1.99. The maximum atomic E-state index is 12.1. The lowest BCUT2D eigenvalue weighted by Gasteiger charge is -2.00. The van der Waals surface area contributed by atoms with Crippen LogP contribution in [0.25, 0.3) is 0 Å². The van der Waals surface area contributed by atoms with Gasteiger partial charge in [0.05, 0.1) is 22.6 Å². The minimum atomic E-state index is -1.18. The number of benzene rings is 1. The number of halogens is 1. The molecule has 0 aromatic heterocycles. The molecule has 0 aliphatic heterocycles. The fraction of sp³-hybridized carbons (Fsp3) is 0. The first-order valence-corrected chi connectivity index (χ1v) is 3.78. The SMILES string of the molecule is Nc1ccc(SF)c(C(=O)O)c1. The Morgan fingerprint density at radius 1 is 1.58 bits per heavy atom. The molecule has 0 spiro atoms. The van der Waals surface area contributed by atoms with Gasteiger partial charge in [0.15, 0.2) is 0 Å². The molecule has 1 aromatic carbocycles. The third kappa shape index (κ3) is 1.68. The predicted molar refractivity (Wildman–Crippen MR) is 44.8 cm³/mol. The van der Waals surface area contributed by atoms with Gasteiger partial charge in [0.25, 0.3) is 0 Å². The van der Waals surface area contributed by atoms with Crippen LogP contribution in [-0.2, 0) is 0 Å². The molecule has 0 unspecified atom stereocenters. The van der Waals surface area contributed by atoms with Crippen molar-refractivity contribution < 1.29 is 13.8 Å². The molecule has 0 aliphatic rings. The van der Waals surface area contributed by atoms with E-state index in [0.29, 0.717) is 5.69 Å². The first kappa shape index (κ1) is 8.86. The highest BCUT2D eigenvalue weighted by Gasteiger charge is 2.10. The van der Waals surface area contributed by atoms with Crippen molar-refractivity contribution in [3.8, 4) is 0 Å². The number of nitrogen functional groups attached to an aromatic ring is 1. The summed E-state index contributed by atoms with van der Waals surface area (Å²) >= 11 is -0.104. The fourth-order valence-electron chi connectivity index (χ4n) is 0.782. The van der Waals surface area contributed by atoms with Crippen molar-refractivity contribution >= 4 is 23.8 Å². The average Bonchev–Trinajstić information content (AvgIpc) is 2.04. The summed E-state index contributed by atoms with van der Waals surface area (Å²) in [6.07, 6.45) is 0. The van der Waals surface area contributed by atoms with Crippen molar-refractivity contribution in [1.29, 1.82) is 0 Å². The highest BCUT2D eigenvalue weighted by atomic mass is 32.2. The zero-order valence-corrected chi connectivity index (χ0v) is 6.77. The van der Waals surface area contributed by atoms with Gasteiger partial charge in [-0.2, -0.15) is 3.89 Å². The molecule has 0 fully saturated rings. The van der Waals surface area contributed by atoms with E-state index in [1.54, 1.807) is 0 Å². The minimum absolute atomic E-state index is 0.0664. The van der Waals surface area contributed by atoms with Crippen molar-refractivity contribution in [2.45, 2.75) is 4.90 Å². The van der Waals surface area contributed by atoms with Crippen LogP contribution in [0.1, 0.15) is 10.4 Å². The summed E-state index contributed by atoms with van der Waals surface area (Å²) in [5, 5.41) is 8.59. The summed E-state index contributed by atoms with van der Waals surface area (Å²) in [4.78, 5) is 10.6.